The molecule has 0 unspecified atom stereocenters. The van der Waals surface area contributed by atoms with Gasteiger partial charge in [0.15, 0.2) is 0 Å². The third-order valence-electron chi connectivity index (χ3n) is 6.08. The summed E-state index contributed by atoms with van der Waals surface area (Å²) in [5.74, 6) is 1.20. The van der Waals surface area contributed by atoms with Gasteiger partial charge in [-0.2, -0.15) is 0 Å². The van der Waals surface area contributed by atoms with Crippen LogP contribution >= 0.6 is 0 Å². The van der Waals surface area contributed by atoms with Crippen LogP contribution in [0.1, 0.15) is 65.7 Å². The number of hydrogen-bond acceptors (Lipinski definition) is 2. The van der Waals surface area contributed by atoms with Crippen molar-refractivity contribution in [1.29, 1.82) is 0 Å². The summed E-state index contributed by atoms with van der Waals surface area (Å²) in [6, 6.07) is 0.669. The lowest BCUT2D eigenvalue weighted by Crippen LogP contribution is -2.49. The van der Waals surface area contributed by atoms with Crippen LogP contribution in [0, 0.1) is 17.3 Å². The topological polar surface area (TPSA) is 41.6 Å². The lowest BCUT2D eigenvalue weighted by atomic mass is 9.78. The van der Waals surface area contributed by atoms with Crippen LogP contribution in [0.2, 0.25) is 0 Å². The predicted octanol–water partition coefficient (Wildman–Crippen LogP) is 3.80. The Morgan fingerprint density at radius 2 is 1.91 bits per heavy atom. The van der Waals surface area contributed by atoms with Crippen molar-refractivity contribution in [3.63, 3.8) is 0 Å². The molecule has 1 N–H and O–H groups in total. The molecule has 23 heavy (non-hydrogen) atoms. The first-order valence-corrected chi connectivity index (χ1v) is 9.63. The molecule has 0 radical (unpaired) electrons. The highest BCUT2D eigenvalue weighted by Gasteiger charge is 2.39. The largest absolute Gasteiger partial charge is 0.377 e. The number of hydrogen-bond donors (Lipinski definition) is 1. The van der Waals surface area contributed by atoms with E-state index in [2.05, 4.69) is 31.0 Å². The number of rotatable bonds is 2. The van der Waals surface area contributed by atoms with Gasteiger partial charge in [0.05, 0.1) is 6.10 Å². The standard InChI is InChI=1S/C19H34N2O2/c1-19(2,3)17-15(8-6-12-23-17)13-20-18(22)21-11-10-14-7-4-5-9-16(14)21/h14-17H,4-13H2,1-3H3,(H,20,22)/t14-,15+,16-,17+/m0/s1. The molecule has 0 bridgehead atoms. The number of carbonyl (C=O) groups is 1. The maximum absolute atomic E-state index is 12.7. The van der Waals surface area contributed by atoms with Crippen molar-refractivity contribution in [2.75, 3.05) is 19.7 Å². The smallest absolute Gasteiger partial charge is 0.317 e. The molecule has 132 valence electrons. The lowest BCUT2D eigenvalue weighted by Gasteiger charge is -2.40. The minimum absolute atomic E-state index is 0.137. The quantitative estimate of drug-likeness (QED) is 0.840. The Hall–Kier alpha value is -0.770. The Kier molecular flexibility index (Phi) is 5.19. The summed E-state index contributed by atoms with van der Waals surface area (Å²) in [5, 5.41) is 3.24. The zero-order chi connectivity index (χ0) is 16.4. The zero-order valence-electron chi connectivity index (χ0n) is 15.1. The van der Waals surface area contributed by atoms with Gasteiger partial charge in [-0.05, 0) is 43.4 Å². The highest BCUT2D eigenvalue weighted by molar-refractivity contribution is 5.75. The van der Waals surface area contributed by atoms with Gasteiger partial charge in [0.2, 0.25) is 0 Å². The molecule has 0 aromatic rings. The SMILES string of the molecule is CC(C)(C)[C@@H]1OCCC[C@@H]1CNC(=O)N1CC[C@@H]2CCCC[C@@H]21. The first-order chi connectivity index (χ1) is 11.0. The van der Waals surface area contributed by atoms with Crippen LogP contribution < -0.4 is 5.32 Å². The van der Waals surface area contributed by atoms with Crippen molar-refractivity contribution in [1.82, 2.24) is 10.2 Å². The Morgan fingerprint density at radius 3 is 2.70 bits per heavy atom. The van der Waals surface area contributed by atoms with Gasteiger partial charge in [-0.15, -0.1) is 0 Å². The molecule has 4 atom stereocenters. The Bertz CT molecular complexity index is 418. The number of nitrogens with one attached hydrogen (secondary N) is 1. The predicted molar refractivity (Wildman–Crippen MR) is 92.4 cm³/mol. The molecule has 1 saturated carbocycles. The molecular weight excluding hydrogens is 288 g/mol. The van der Waals surface area contributed by atoms with E-state index in [9.17, 15) is 4.79 Å². The van der Waals surface area contributed by atoms with Crippen molar-refractivity contribution < 1.29 is 9.53 Å². The van der Waals surface area contributed by atoms with E-state index >= 15 is 0 Å². The summed E-state index contributed by atoms with van der Waals surface area (Å²) < 4.78 is 6.03. The summed E-state index contributed by atoms with van der Waals surface area (Å²) in [4.78, 5) is 14.8. The van der Waals surface area contributed by atoms with Crippen LogP contribution in [-0.2, 0) is 4.74 Å². The molecule has 2 saturated heterocycles. The molecule has 1 aliphatic carbocycles. The van der Waals surface area contributed by atoms with Gasteiger partial charge < -0.3 is 15.0 Å². The lowest BCUT2D eigenvalue weighted by molar-refractivity contribution is -0.0839. The molecule has 0 aromatic carbocycles. The maximum atomic E-state index is 12.7. The van der Waals surface area contributed by atoms with E-state index in [-0.39, 0.29) is 17.6 Å². The van der Waals surface area contributed by atoms with E-state index in [1.165, 1.54) is 32.1 Å². The first kappa shape index (κ1) is 17.1. The van der Waals surface area contributed by atoms with Crippen molar-refractivity contribution in [2.24, 2.45) is 17.3 Å². The second-order valence-electron chi connectivity index (χ2n) is 8.84. The van der Waals surface area contributed by atoms with Crippen LogP contribution in [0.15, 0.2) is 0 Å². The van der Waals surface area contributed by atoms with Crippen LogP contribution in [0.5, 0.6) is 0 Å². The van der Waals surface area contributed by atoms with E-state index in [0.29, 0.717) is 12.0 Å². The molecule has 2 aliphatic heterocycles. The average molecular weight is 322 g/mol. The van der Waals surface area contributed by atoms with Crippen molar-refractivity contribution in [2.45, 2.75) is 77.9 Å². The second kappa shape index (κ2) is 7.00. The number of amides is 2. The van der Waals surface area contributed by atoms with E-state index in [1.54, 1.807) is 0 Å². The molecule has 2 heterocycles. The van der Waals surface area contributed by atoms with Crippen molar-refractivity contribution in [3.05, 3.63) is 0 Å². The summed E-state index contributed by atoms with van der Waals surface area (Å²) in [6.07, 6.45) is 8.88. The number of carbonyl (C=O) groups excluding carboxylic acids is 1. The first-order valence-electron chi connectivity index (χ1n) is 9.63. The average Bonchev–Trinajstić information content (AvgIpc) is 2.96. The third kappa shape index (κ3) is 3.84. The third-order valence-corrected chi connectivity index (χ3v) is 6.08. The van der Waals surface area contributed by atoms with E-state index in [0.717, 1.165) is 38.5 Å². The van der Waals surface area contributed by atoms with Crippen LogP contribution in [0.4, 0.5) is 4.79 Å². The number of urea groups is 1. The second-order valence-corrected chi connectivity index (χ2v) is 8.84. The number of nitrogens with zero attached hydrogens (tertiary/aromatic N) is 1. The fourth-order valence-corrected chi connectivity index (χ4v) is 4.99. The summed E-state index contributed by atoms with van der Waals surface area (Å²) in [6.45, 7) is 9.29. The summed E-state index contributed by atoms with van der Waals surface area (Å²) in [5.41, 5.74) is 0.137. The highest BCUT2D eigenvalue weighted by Crippen LogP contribution is 2.36. The van der Waals surface area contributed by atoms with Gasteiger partial charge in [-0.25, -0.2) is 4.79 Å². The monoisotopic (exact) mass is 322 g/mol. The van der Waals surface area contributed by atoms with E-state index in [4.69, 9.17) is 4.74 Å². The van der Waals surface area contributed by atoms with Gasteiger partial charge in [-0.3, -0.25) is 0 Å². The molecule has 3 aliphatic rings. The Balaban J connectivity index is 1.54. The molecule has 2 amide bonds. The molecule has 4 nitrogen and oxygen atoms in total. The summed E-state index contributed by atoms with van der Waals surface area (Å²) >= 11 is 0. The molecule has 4 heteroatoms. The van der Waals surface area contributed by atoms with Gasteiger partial charge in [0.1, 0.15) is 0 Å². The molecule has 3 fully saturated rings. The van der Waals surface area contributed by atoms with Crippen LogP contribution in [0.3, 0.4) is 0 Å². The number of ether oxygens (including phenoxy) is 1. The molecule has 0 aromatic heterocycles. The fourth-order valence-electron chi connectivity index (χ4n) is 4.99. The van der Waals surface area contributed by atoms with Crippen molar-refractivity contribution in [3.8, 4) is 0 Å². The van der Waals surface area contributed by atoms with E-state index < -0.39 is 0 Å². The molecule has 3 rings (SSSR count). The fraction of sp³-hybridized carbons (Fsp3) is 0.947. The minimum atomic E-state index is 0.137. The van der Waals surface area contributed by atoms with Gasteiger partial charge in [0, 0.05) is 31.7 Å². The normalized spacial score (nSPS) is 35.0. The Morgan fingerprint density at radius 1 is 1.13 bits per heavy atom. The zero-order valence-corrected chi connectivity index (χ0v) is 15.1. The Labute approximate surface area is 141 Å². The summed E-state index contributed by atoms with van der Waals surface area (Å²) in [7, 11) is 0. The minimum Gasteiger partial charge on any atom is -0.377 e. The van der Waals surface area contributed by atoms with Gasteiger partial charge in [-0.1, -0.05) is 33.6 Å². The van der Waals surface area contributed by atoms with Gasteiger partial charge in [0.25, 0.3) is 0 Å². The van der Waals surface area contributed by atoms with Gasteiger partial charge >= 0.3 is 6.03 Å². The maximum Gasteiger partial charge on any atom is 0.317 e. The number of fused-ring (bicyclic) bond motifs is 1. The van der Waals surface area contributed by atoms with Crippen LogP contribution in [-0.4, -0.2) is 42.8 Å². The molecular formula is C19H34N2O2. The number of likely N-dealkylation sites (tertiary alicyclic amines) is 1. The van der Waals surface area contributed by atoms with Crippen molar-refractivity contribution >= 4 is 6.03 Å². The highest BCUT2D eigenvalue weighted by atomic mass is 16.5. The van der Waals surface area contributed by atoms with E-state index in [1.807, 2.05) is 0 Å². The van der Waals surface area contributed by atoms with Crippen LogP contribution in [0.25, 0.3) is 0 Å². The molecule has 0 spiro atoms.